The highest BCUT2D eigenvalue weighted by Crippen LogP contribution is 2.30. The number of likely N-dealkylation sites (tertiary alicyclic amines) is 2. The third-order valence-corrected chi connectivity index (χ3v) is 6.14. The lowest BCUT2D eigenvalue weighted by molar-refractivity contribution is -0.139. The Bertz CT molecular complexity index is 919. The molecule has 3 aliphatic rings. The maximum Gasteiger partial charge on any atom is 0.320 e. The van der Waals surface area contributed by atoms with Gasteiger partial charge in [0.15, 0.2) is 0 Å². The van der Waals surface area contributed by atoms with Gasteiger partial charge in [-0.1, -0.05) is 24.3 Å². The molecule has 4 heterocycles. The van der Waals surface area contributed by atoms with Crippen molar-refractivity contribution in [1.29, 1.82) is 0 Å². The minimum absolute atomic E-state index is 0.0264. The molecule has 3 aliphatic heterocycles. The van der Waals surface area contributed by atoms with Gasteiger partial charge in [0.05, 0.1) is 17.8 Å². The summed E-state index contributed by atoms with van der Waals surface area (Å²) in [5.74, 6) is 0.269. The van der Waals surface area contributed by atoms with Gasteiger partial charge in [0.25, 0.3) is 0 Å². The molecule has 5 rings (SSSR count). The van der Waals surface area contributed by atoms with Gasteiger partial charge in [-0.3, -0.25) is 9.48 Å². The molecule has 1 aromatic heterocycles. The second kappa shape index (κ2) is 7.18. The van der Waals surface area contributed by atoms with Crippen molar-refractivity contribution in [3.05, 3.63) is 42.1 Å². The van der Waals surface area contributed by atoms with Crippen LogP contribution in [0.15, 0.2) is 36.5 Å². The molecule has 1 unspecified atom stereocenters. The number of nitrogens with zero attached hydrogens (tertiary/aromatic N) is 4. The van der Waals surface area contributed by atoms with Crippen LogP contribution >= 0.6 is 0 Å². The molecule has 1 aromatic carbocycles. The number of piperidine rings is 1. The van der Waals surface area contributed by atoms with Gasteiger partial charge in [0, 0.05) is 50.9 Å². The highest BCUT2D eigenvalue weighted by atomic mass is 16.5. The Kier molecular flexibility index (Phi) is 4.50. The maximum absolute atomic E-state index is 12.8. The fourth-order valence-corrected chi connectivity index (χ4v) is 4.41. The fraction of sp³-hybridized carbons (Fsp3) is 0.476. The van der Waals surface area contributed by atoms with Crippen molar-refractivity contribution in [2.75, 3.05) is 32.8 Å². The summed E-state index contributed by atoms with van der Waals surface area (Å²) in [6.07, 6.45) is 2.73. The van der Waals surface area contributed by atoms with Gasteiger partial charge in [0.2, 0.25) is 5.91 Å². The summed E-state index contributed by atoms with van der Waals surface area (Å²) in [4.78, 5) is 28.1. The molecule has 0 saturated carbocycles. The molecule has 3 fully saturated rings. The summed E-state index contributed by atoms with van der Waals surface area (Å²) in [5.41, 5.74) is 3.31. The number of aryl methyl sites for hydroxylation is 1. The van der Waals surface area contributed by atoms with Crippen LogP contribution in [0.4, 0.5) is 4.79 Å². The Balaban J connectivity index is 1.16. The number of amides is 3. The molecule has 3 amide bonds. The molecule has 0 spiro atoms. The topological polar surface area (TPSA) is 79.7 Å². The normalized spacial score (nSPS) is 24.7. The number of hydrogen-bond acceptors (Lipinski definition) is 4. The van der Waals surface area contributed by atoms with Crippen LogP contribution in [0.3, 0.4) is 0 Å². The minimum Gasteiger partial charge on any atom is -0.366 e. The molecule has 2 aromatic rings. The van der Waals surface area contributed by atoms with Gasteiger partial charge < -0.3 is 19.9 Å². The first-order valence-electron chi connectivity index (χ1n) is 10.1. The Morgan fingerprint density at radius 2 is 1.93 bits per heavy atom. The molecule has 0 bridgehead atoms. The first-order chi connectivity index (χ1) is 14.1. The van der Waals surface area contributed by atoms with E-state index in [1.165, 1.54) is 5.56 Å². The van der Waals surface area contributed by atoms with E-state index in [0.717, 1.165) is 30.8 Å². The number of rotatable bonds is 2. The highest BCUT2D eigenvalue weighted by Gasteiger charge is 2.40. The third kappa shape index (κ3) is 3.48. The van der Waals surface area contributed by atoms with Crippen molar-refractivity contribution in [1.82, 2.24) is 24.9 Å². The fourth-order valence-electron chi connectivity index (χ4n) is 4.41. The van der Waals surface area contributed by atoms with Gasteiger partial charge in [-0.25, -0.2) is 4.79 Å². The molecule has 3 saturated heterocycles. The average Bonchev–Trinajstić information content (AvgIpc) is 3.13. The second-order valence-corrected chi connectivity index (χ2v) is 8.14. The highest BCUT2D eigenvalue weighted by molar-refractivity contribution is 5.79. The van der Waals surface area contributed by atoms with Crippen molar-refractivity contribution in [2.24, 2.45) is 7.05 Å². The summed E-state index contributed by atoms with van der Waals surface area (Å²) in [7, 11) is 1.91. The van der Waals surface area contributed by atoms with Crippen LogP contribution in [0, 0.1) is 0 Å². The number of nitrogens with one attached hydrogen (secondary N) is 1. The predicted octanol–water partition coefficient (Wildman–Crippen LogP) is 1.20. The quantitative estimate of drug-likeness (QED) is 0.829. The number of ether oxygens (including phenoxy) is 1. The number of hydrogen-bond donors (Lipinski definition) is 1. The molecular weight excluding hydrogens is 370 g/mol. The largest absolute Gasteiger partial charge is 0.366 e. The number of benzene rings is 1. The lowest BCUT2D eigenvalue weighted by Crippen LogP contribution is -2.63. The van der Waals surface area contributed by atoms with E-state index in [4.69, 9.17) is 4.74 Å². The van der Waals surface area contributed by atoms with Crippen LogP contribution in [-0.2, 0) is 16.6 Å². The van der Waals surface area contributed by atoms with E-state index in [1.54, 1.807) is 4.68 Å². The number of fused-ring (bicyclic) bond motifs is 1. The van der Waals surface area contributed by atoms with Crippen LogP contribution in [0.1, 0.15) is 17.9 Å². The standard InChI is InChI=1S/C21H25N5O3/c1-24-8-6-17(23-24)15-4-2-14(3-5-15)16-10-26(11-16)21(28)25-9-7-19-18(12-25)22-20(27)13-29-19/h2-6,8,16,18-19H,7,9-13H2,1H3,(H,22,27)/t18?,19-/m0/s1. The lowest BCUT2D eigenvalue weighted by atomic mass is 9.90. The van der Waals surface area contributed by atoms with Gasteiger partial charge in [0.1, 0.15) is 6.61 Å². The molecule has 29 heavy (non-hydrogen) atoms. The molecular formula is C21H25N5O3. The second-order valence-electron chi connectivity index (χ2n) is 8.14. The summed E-state index contributed by atoms with van der Waals surface area (Å²) < 4.78 is 7.37. The van der Waals surface area contributed by atoms with Gasteiger partial charge >= 0.3 is 6.03 Å². The lowest BCUT2D eigenvalue weighted by Gasteiger charge is -2.46. The van der Waals surface area contributed by atoms with Crippen LogP contribution in [0.2, 0.25) is 0 Å². The van der Waals surface area contributed by atoms with Crippen molar-refractivity contribution in [2.45, 2.75) is 24.5 Å². The zero-order valence-corrected chi connectivity index (χ0v) is 16.5. The van der Waals surface area contributed by atoms with E-state index >= 15 is 0 Å². The smallest absolute Gasteiger partial charge is 0.320 e. The maximum atomic E-state index is 12.8. The Hall–Kier alpha value is -2.87. The number of carbonyl (C=O) groups excluding carboxylic acids is 2. The number of urea groups is 1. The average molecular weight is 395 g/mol. The molecule has 8 nitrogen and oxygen atoms in total. The van der Waals surface area contributed by atoms with Crippen molar-refractivity contribution in [3.8, 4) is 11.3 Å². The Morgan fingerprint density at radius 1 is 1.14 bits per heavy atom. The van der Waals surface area contributed by atoms with Gasteiger partial charge in [-0.2, -0.15) is 5.10 Å². The van der Waals surface area contributed by atoms with Gasteiger partial charge in [-0.15, -0.1) is 0 Å². The van der Waals surface area contributed by atoms with Crippen LogP contribution in [-0.4, -0.2) is 76.5 Å². The molecule has 8 heteroatoms. The number of carbonyl (C=O) groups is 2. The first-order valence-corrected chi connectivity index (χ1v) is 10.1. The molecule has 0 aliphatic carbocycles. The Morgan fingerprint density at radius 3 is 2.66 bits per heavy atom. The molecule has 0 radical (unpaired) electrons. The van der Waals surface area contributed by atoms with Crippen LogP contribution < -0.4 is 5.32 Å². The molecule has 1 N–H and O–H groups in total. The molecule has 2 atom stereocenters. The van der Waals surface area contributed by atoms with Crippen LogP contribution in [0.25, 0.3) is 11.3 Å². The van der Waals surface area contributed by atoms with Crippen molar-refractivity contribution < 1.29 is 14.3 Å². The van der Waals surface area contributed by atoms with Crippen LogP contribution in [0.5, 0.6) is 0 Å². The predicted molar refractivity (Wildman–Crippen MR) is 106 cm³/mol. The Labute approximate surface area is 169 Å². The zero-order valence-electron chi connectivity index (χ0n) is 16.5. The number of morpholine rings is 1. The summed E-state index contributed by atoms with van der Waals surface area (Å²) in [6.45, 7) is 2.79. The monoisotopic (exact) mass is 395 g/mol. The van der Waals surface area contributed by atoms with Gasteiger partial charge in [-0.05, 0) is 18.1 Å². The SMILES string of the molecule is Cn1ccc(-c2ccc(C3CN(C(=O)N4CC[C@@H]5OCC(=O)NC5C4)C3)cc2)n1. The van der Waals surface area contributed by atoms with E-state index in [9.17, 15) is 9.59 Å². The van der Waals surface area contributed by atoms with E-state index in [2.05, 4.69) is 34.7 Å². The summed E-state index contributed by atoms with van der Waals surface area (Å²) in [6, 6.07) is 10.4. The zero-order chi connectivity index (χ0) is 20.0. The van der Waals surface area contributed by atoms with Crippen molar-refractivity contribution in [3.63, 3.8) is 0 Å². The van der Waals surface area contributed by atoms with E-state index < -0.39 is 0 Å². The summed E-state index contributed by atoms with van der Waals surface area (Å²) in [5, 5.41) is 7.38. The third-order valence-electron chi connectivity index (χ3n) is 6.14. The van der Waals surface area contributed by atoms with E-state index in [-0.39, 0.29) is 30.7 Å². The minimum atomic E-state index is -0.0984. The number of aromatic nitrogens is 2. The van der Waals surface area contributed by atoms with E-state index in [0.29, 0.717) is 19.0 Å². The van der Waals surface area contributed by atoms with Crippen molar-refractivity contribution >= 4 is 11.9 Å². The van der Waals surface area contributed by atoms with E-state index in [1.807, 2.05) is 29.1 Å². The first kappa shape index (κ1) is 18.2. The molecule has 152 valence electrons. The summed E-state index contributed by atoms with van der Waals surface area (Å²) >= 11 is 0.